The Morgan fingerprint density at radius 3 is 2.67 bits per heavy atom. The molecular weight excluding hydrogens is 356 g/mol. The summed E-state index contributed by atoms with van der Waals surface area (Å²) in [7, 11) is 0. The van der Waals surface area contributed by atoms with Gasteiger partial charge in [0.15, 0.2) is 5.11 Å². The minimum atomic E-state index is 0.668. The lowest BCUT2D eigenvalue weighted by molar-refractivity contribution is 0.0389. The fraction of sp³-hybridized carbons (Fsp3) is 0.381. The summed E-state index contributed by atoms with van der Waals surface area (Å²) in [5.74, 6) is 0. The van der Waals surface area contributed by atoms with Gasteiger partial charge in [0.2, 0.25) is 0 Å². The van der Waals surface area contributed by atoms with Crippen molar-refractivity contribution in [2.45, 2.75) is 13.5 Å². The van der Waals surface area contributed by atoms with Gasteiger partial charge in [0, 0.05) is 60.2 Å². The van der Waals surface area contributed by atoms with Gasteiger partial charge in [-0.2, -0.15) is 0 Å². The van der Waals surface area contributed by atoms with Gasteiger partial charge in [0.1, 0.15) is 0 Å². The van der Waals surface area contributed by atoms with E-state index >= 15 is 0 Å². The number of morpholine rings is 1. The predicted molar refractivity (Wildman–Crippen MR) is 117 cm³/mol. The zero-order valence-electron chi connectivity index (χ0n) is 15.7. The molecule has 0 saturated carbocycles. The molecular formula is C21H26N4OS. The molecule has 0 unspecified atom stereocenters. The van der Waals surface area contributed by atoms with E-state index in [4.69, 9.17) is 17.0 Å². The third-order valence-corrected chi connectivity index (χ3v) is 5.41. The van der Waals surface area contributed by atoms with Gasteiger partial charge in [-0.3, -0.25) is 4.90 Å². The Hall–Kier alpha value is -2.15. The molecule has 1 aromatic heterocycles. The number of anilines is 1. The molecule has 1 aliphatic heterocycles. The molecule has 0 atom stereocenters. The van der Waals surface area contributed by atoms with Gasteiger partial charge in [-0.25, -0.2) is 0 Å². The molecule has 1 saturated heterocycles. The van der Waals surface area contributed by atoms with Crippen LogP contribution in [-0.4, -0.2) is 54.0 Å². The number of aromatic nitrogens is 1. The fourth-order valence-corrected chi connectivity index (χ4v) is 4.02. The van der Waals surface area contributed by atoms with E-state index in [0.717, 1.165) is 51.6 Å². The van der Waals surface area contributed by atoms with Crippen molar-refractivity contribution >= 4 is 44.8 Å². The molecule has 142 valence electrons. The van der Waals surface area contributed by atoms with Crippen LogP contribution in [-0.2, 0) is 11.3 Å². The van der Waals surface area contributed by atoms with Crippen LogP contribution in [0.3, 0.4) is 0 Å². The van der Waals surface area contributed by atoms with Crippen molar-refractivity contribution in [1.29, 1.82) is 0 Å². The zero-order chi connectivity index (χ0) is 18.6. The van der Waals surface area contributed by atoms with Crippen molar-refractivity contribution in [3.63, 3.8) is 0 Å². The number of rotatable bonds is 5. The van der Waals surface area contributed by atoms with Crippen LogP contribution in [0, 0.1) is 0 Å². The minimum Gasteiger partial charge on any atom is -0.379 e. The van der Waals surface area contributed by atoms with Crippen LogP contribution >= 0.6 is 12.2 Å². The number of hydrogen-bond donors (Lipinski definition) is 2. The first-order chi connectivity index (χ1) is 13.3. The number of nitrogens with one attached hydrogen (secondary N) is 2. The lowest BCUT2D eigenvalue weighted by Crippen LogP contribution is -2.42. The van der Waals surface area contributed by atoms with Crippen molar-refractivity contribution in [2.24, 2.45) is 0 Å². The number of para-hydroxylation sites is 1. The van der Waals surface area contributed by atoms with Gasteiger partial charge in [-0.1, -0.05) is 18.2 Å². The van der Waals surface area contributed by atoms with E-state index in [9.17, 15) is 0 Å². The molecule has 0 amide bonds. The van der Waals surface area contributed by atoms with Crippen molar-refractivity contribution in [1.82, 2.24) is 14.8 Å². The van der Waals surface area contributed by atoms with Crippen LogP contribution in [0.2, 0.25) is 0 Å². The molecule has 3 aromatic rings. The summed E-state index contributed by atoms with van der Waals surface area (Å²) >= 11 is 5.48. The maximum absolute atomic E-state index is 5.48. The molecule has 2 heterocycles. The molecule has 1 aliphatic rings. The summed E-state index contributed by atoms with van der Waals surface area (Å²) < 4.78 is 7.73. The van der Waals surface area contributed by atoms with Crippen LogP contribution in [0.4, 0.5) is 5.69 Å². The van der Waals surface area contributed by atoms with Gasteiger partial charge >= 0.3 is 0 Å². The van der Waals surface area contributed by atoms with E-state index in [1.165, 1.54) is 21.8 Å². The molecule has 0 aliphatic carbocycles. The van der Waals surface area contributed by atoms with Crippen LogP contribution < -0.4 is 10.6 Å². The smallest absolute Gasteiger partial charge is 0.170 e. The van der Waals surface area contributed by atoms with Gasteiger partial charge in [-0.15, -0.1) is 0 Å². The van der Waals surface area contributed by atoms with Crippen LogP contribution in [0.25, 0.3) is 21.8 Å². The molecule has 27 heavy (non-hydrogen) atoms. The minimum absolute atomic E-state index is 0.668. The van der Waals surface area contributed by atoms with E-state index in [2.05, 4.69) is 69.5 Å². The van der Waals surface area contributed by atoms with Crippen molar-refractivity contribution in [3.8, 4) is 0 Å². The second kappa shape index (κ2) is 8.25. The normalized spacial score (nSPS) is 15.3. The Labute approximate surface area is 165 Å². The summed E-state index contributed by atoms with van der Waals surface area (Å²) in [6.07, 6.45) is 0. The Balaban J connectivity index is 1.44. The summed E-state index contributed by atoms with van der Waals surface area (Å²) in [4.78, 5) is 2.39. The predicted octanol–water partition coefficient (Wildman–Crippen LogP) is 3.43. The SMILES string of the molecule is CCn1c2ccccc2c2cc(NC(=S)NCCN3CCOCC3)ccc21. The Bertz CT molecular complexity index is 946. The molecule has 4 rings (SSSR count). The quantitative estimate of drug-likeness (QED) is 0.662. The molecule has 6 heteroatoms. The number of benzene rings is 2. The van der Waals surface area contributed by atoms with E-state index < -0.39 is 0 Å². The van der Waals surface area contributed by atoms with E-state index in [0.29, 0.717) is 5.11 Å². The topological polar surface area (TPSA) is 41.5 Å². The van der Waals surface area contributed by atoms with Gasteiger partial charge in [0.05, 0.1) is 13.2 Å². The highest BCUT2D eigenvalue weighted by molar-refractivity contribution is 7.80. The molecule has 2 aromatic carbocycles. The maximum Gasteiger partial charge on any atom is 0.170 e. The van der Waals surface area contributed by atoms with E-state index in [-0.39, 0.29) is 0 Å². The number of nitrogens with zero attached hydrogens (tertiary/aromatic N) is 2. The molecule has 5 nitrogen and oxygen atoms in total. The standard InChI is InChI=1S/C21H26N4OS/c1-2-25-19-6-4-3-5-17(19)18-15-16(7-8-20(18)25)23-21(27)22-9-10-24-11-13-26-14-12-24/h3-8,15H,2,9-14H2,1H3,(H2,22,23,27). The van der Waals surface area contributed by atoms with Crippen LogP contribution in [0.5, 0.6) is 0 Å². The Morgan fingerprint density at radius 1 is 1.07 bits per heavy atom. The highest BCUT2D eigenvalue weighted by Gasteiger charge is 2.11. The van der Waals surface area contributed by atoms with Gasteiger partial charge in [0.25, 0.3) is 0 Å². The first kappa shape index (κ1) is 18.2. The summed E-state index contributed by atoms with van der Waals surface area (Å²) in [5.41, 5.74) is 3.55. The third-order valence-electron chi connectivity index (χ3n) is 5.16. The van der Waals surface area contributed by atoms with E-state index in [1.807, 2.05) is 0 Å². The summed E-state index contributed by atoms with van der Waals surface area (Å²) in [6.45, 7) is 8.61. The van der Waals surface area contributed by atoms with E-state index in [1.54, 1.807) is 0 Å². The second-order valence-corrected chi connectivity index (χ2v) is 7.24. The average molecular weight is 383 g/mol. The highest BCUT2D eigenvalue weighted by Crippen LogP contribution is 2.30. The van der Waals surface area contributed by atoms with Crippen molar-refractivity contribution < 1.29 is 4.74 Å². The zero-order valence-corrected chi connectivity index (χ0v) is 16.5. The average Bonchev–Trinajstić information content (AvgIpc) is 3.02. The highest BCUT2D eigenvalue weighted by atomic mass is 32.1. The van der Waals surface area contributed by atoms with Crippen molar-refractivity contribution in [3.05, 3.63) is 42.5 Å². The summed E-state index contributed by atoms with van der Waals surface area (Å²) in [5, 5.41) is 9.85. The number of fused-ring (bicyclic) bond motifs is 3. The second-order valence-electron chi connectivity index (χ2n) is 6.83. The maximum atomic E-state index is 5.48. The third kappa shape index (κ3) is 3.93. The summed E-state index contributed by atoms with van der Waals surface area (Å²) in [6, 6.07) is 15.0. The number of thiocarbonyl (C=S) groups is 1. The lowest BCUT2D eigenvalue weighted by atomic mass is 10.1. The monoisotopic (exact) mass is 382 g/mol. The molecule has 2 N–H and O–H groups in total. The van der Waals surface area contributed by atoms with Gasteiger partial charge in [-0.05, 0) is 43.4 Å². The molecule has 0 radical (unpaired) electrons. The Kier molecular flexibility index (Phi) is 5.57. The number of hydrogen-bond acceptors (Lipinski definition) is 3. The number of aryl methyl sites for hydroxylation is 1. The van der Waals surface area contributed by atoms with Gasteiger partial charge < -0.3 is 19.9 Å². The van der Waals surface area contributed by atoms with Crippen LogP contribution in [0.1, 0.15) is 6.92 Å². The first-order valence-electron chi connectivity index (χ1n) is 9.62. The molecule has 1 fully saturated rings. The molecule has 0 bridgehead atoms. The number of ether oxygens (including phenoxy) is 1. The largest absolute Gasteiger partial charge is 0.379 e. The van der Waals surface area contributed by atoms with Crippen LogP contribution in [0.15, 0.2) is 42.5 Å². The molecule has 0 spiro atoms. The Morgan fingerprint density at radius 2 is 1.85 bits per heavy atom. The first-order valence-corrected chi connectivity index (χ1v) is 10.0. The lowest BCUT2D eigenvalue weighted by Gasteiger charge is -2.26. The van der Waals surface area contributed by atoms with Crippen molar-refractivity contribution in [2.75, 3.05) is 44.7 Å². The fourth-order valence-electron chi connectivity index (χ4n) is 3.80.